The lowest BCUT2D eigenvalue weighted by atomic mass is 10.2. The number of hydrogen-bond donors (Lipinski definition) is 1. The van der Waals surface area contributed by atoms with Gasteiger partial charge in [-0.15, -0.1) is 0 Å². The fraction of sp³-hybridized carbons (Fsp3) is 0.778. The lowest BCUT2D eigenvalue weighted by Crippen LogP contribution is -2.47. The van der Waals surface area contributed by atoms with E-state index in [-0.39, 0.29) is 13.0 Å². The third-order valence-electron chi connectivity index (χ3n) is 1.88. The monoisotopic (exact) mass is 256 g/mol. The maximum atomic E-state index is 12.2. The van der Waals surface area contributed by atoms with Gasteiger partial charge in [-0.1, -0.05) is 0 Å². The van der Waals surface area contributed by atoms with Crippen molar-refractivity contribution in [2.24, 2.45) is 5.73 Å². The molecule has 0 aliphatic carbocycles. The quantitative estimate of drug-likeness (QED) is 0.717. The van der Waals surface area contributed by atoms with Crippen LogP contribution in [0.1, 0.15) is 13.3 Å². The summed E-state index contributed by atoms with van der Waals surface area (Å²) >= 11 is 0. The number of alkyl halides is 3. The van der Waals surface area contributed by atoms with Gasteiger partial charge in [0.2, 0.25) is 5.91 Å². The van der Waals surface area contributed by atoms with E-state index in [1.165, 1.54) is 6.92 Å². The minimum absolute atomic E-state index is 0.301. The van der Waals surface area contributed by atoms with Gasteiger partial charge in [0.25, 0.3) is 0 Å². The molecule has 5 nitrogen and oxygen atoms in total. The van der Waals surface area contributed by atoms with Gasteiger partial charge in [0, 0.05) is 6.54 Å². The molecule has 0 aliphatic rings. The van der Waals surface area contributed by atoms with E-state index in [9.17, 15) is 22.8 Å². The summed E-state index contributed by atoms with van der Waals surface area (Å²) in [7, 11) is 1.11. The van der Waals surface area contributed by atoms with Gasteiger partial charge in [0.1, 0.15) is 6.54 Å². The highest BCUT2D eigenvalue weighted by molar-refractivity contribution is 5.81. The van der Waals surface area contributed by atoms with Crippen LogP contribution in [0.5, 0.6) is 0 Å². The molecule has 1 amide bonds. The van der Waals surface area contributed by atoms with Crippen molar-refractivity contribution in [2.45, 2.75) is 25.6 Å². The third kappa shape index (κ3) is 6.77. The summed E-state index contributed by atoms with van der Waals surface area (Å²) in [6, 6.07) is -1.05. The Balaban J connectivity index is 4.52. The Morgan fingerprint density at radius 2 is 1.94 bits per heavy atom. The highest BCUT2D eigenvalue weighted by Gasteiger charge is 2.33. The minimum Gasteiger partial charge on any atom is -0.469 e. The van der Waals surface area contributed by atoms with Crippen LogP contribution < -0.4 is 5.73 Å². The Morgan fingerprint density at radius 3 is 2.29 bits per heavy atom. The molecule has 0 heterocycles. The molecule has 17 heavy (non-hydrogen) atoms. The van der Waals surface area contributed by atoms with Gasteiger partial charge >= 0.3 is 12.1 Å². The number of nitrogens with zero attached hydrogens (tertiary/aromatic N) is 1. The molecule has 0 radical (unpaired) electrons. The van der Waals surface area contributed by atoms with E-state index in [2.05, 4.69) is 4.74 Å². The van der Waals surface area contributed by atoms with Gasteiger partial charge in [-0.3, -0.25) is 9.59 Å². The van der Waals surface area contributed by atoms with Gasteiger partial charge in [-0.05, 0) is 6.92 Å². The van der Waals surface area contributed by atoms with Gasteiger partial charge in [0.15, 0.2) is 0 Å². The van der Waals surface area contributed by atoms with Crippen molar-refractivity contribution < 1.29 is 27.5 Å². The number of nitrogens with two attached hydrogens (primary N) is 1. The number of hydrogen-bond acceptors (Lipinski definition) is 4. The number of carbonyl (C=O) groups is 2. The highest BCUT2D eigenvalue weighted by Crippen LogP contribution is 2.17. The molecule has 2 N–H and O–H groups in total. The molecule has 1 atom stereocenters. The molecule has 0 rings (SSSR count). The molecule has 0 saturated carbocycles. The van der Waals surface area contributed by atoms with E-state index in [1.54, 1.807) is 0 Å². The predicted molar refractivity (Wildman–Crippen MR) is 52.9 cm³/mol. The topological polar surface area (TPSA) is 72.6 Å². The van der Waals surface area contributed by atoms with Crippen molar-refractivity contribution in [3.05, 3.63) is 0 Å². The molecule has 0 unspecified atom stereocenters. The van der Waals surface area contributed by atoms with E-state index >= 15 is 0 Å². The van der Waals surface area contributed by atoms with Crippen LogP contribution in [0.2, 0.25) is 0 Å². The lowest BCUT2D eigenvalue weighted by Gasteiger charge is -2.25. The predicted octanol–water partition coefficient (Wildman–Crippen LogP) is 0.288. The van der Waals surface area contributed by atoms with Crippen LogP contribution >= 0.6 is 0 Å². The molecule has 0 aromatic heterocycles. The number of halogens is 3. The van der Waals surface area contributed by atoms with E-state index < -0.39 is 30.6 Å². The zero-order valence-electron chi connectivity index (χ0n) is 9.58. The molecule has 8 heteroatoms. The fourth-order valence-electron chi connectivity index (χ4n) is 1.10. The highest BCUT2D eigenvalue weighted by atomic mass is 19.4. The van der Waals surface area contributed by atoms with E-state index in [1.807, 2.05) is 0 Å². The van der Waals surface area contributed by atoms with Crippen molar-refractivity contribution in [1.82, 2.24) is 4.90 Å². The Hall–Kier alpha value is -1.31. The summed E-state index contributed by atoms with van der Waals surface area (Å²) in [6.07, 6.45) is -4.83. The molecule has 0 aliphatic heterocycles. The molecule has 100 valence electrons. The fourth-order valence-corrected chi connectivity index (χ4v) is 1.10. The number of rotatable bonds is 5. The Bertz CT molecular complexity index is 279. The number of esters is 1. The average molecular weight is 256 g/mol. The van der Waals surface area contributed by atoms with Gasteiger partial charge in [-0.25, -0.2) is 0 Å². The molecule has 0 spiro atoms. The van der Waals surface area contributed by atoms with Crippen molar-refractivity contribution in [3.63, 3.8) is 0 Å². The van der Waals surface area contributed by atoms with Gasteiger partial charge in [0.05, 0.1) is 19.6 Å². The van der Waals surface area contributed by atoms with E-state index in [4.69, 9.17) is 5.73 Å². The van der Waals surface area contributed by atoms with E-state index in [0.29, 0.717) is 4.90 Å². The lowest BCUT2D eigenvalue weighted by molar-refractivity contribution is -0.163. The normalized spacial score (nSPS) is 13.1. The van der Waals surface area contributed by atoms with Crippen LogP contribution in [0.25, 0.3) is 0 Å². The first-order valence-corrected chi connectivity index (χ1v) is 4.85. The van der Waals surface area contributed by atoms with Crippen LogP contribution in [0.3, 0.4) is 0 Å². The number of carbonyl (C=O) groups excluding carboxylic acids is 2. The molecule has 0 saturated heterocycles. The van der Waals surface area contributed by atoms with E-state index in [0.717, 1.165) is 7.11 Å². The third-order valence-corrected chi connectivity index (χ3v) is 1.88. The average Bonchev–Trinajstić information content (AvgIpc) is 2.20. The summed E-state index contributed by atoms with van der Waals surface area (Å²) in [5, 5.41) is 0. The molecule has 0 aromatic rings. The first kappa shape index (κ1) is 15.7. The minimum atomic E-state index is -4.53. The van der Waals surface area contributed by atoms with Crippen LogP contribution in [-0.2, 0) is 14.3 Å². The van der Waals surface area contributed by atoms with Crippen molar-refractivity contribution in [1.29, 1.82) is 0 Å². The molecular formula is C9H15F3N2O3. The standard InChI is InChI=1S/C9H15F3N2O3/c1-6(13)8(16)14(5-9(10,11)12)4-3-7(15)17-2/h6H,3-5,13H2,1-2H3/t6-/m1/s1. The second kappa shape index (κ2) is 6.43. The van der Waals surface area contributed by atoms with Crippen LogP contribution in [0, 0.1) is 0 Å². The Morgan fingerprint density at radius 1 is 1.41 bits per heavy atom. The number of methoxy groups -OCH3 is 1. The Kier molecular flexibility index (Phi) is 5.94. The molecule has 0 aromatic carbocycles. The maximum Gasteiger partial charge on any atom is 0.406 e. The summed E-state index contributed by atoms with van der Waals surface area (Å²) < 4.78 is 40.8. The number of amides is 1. The molecule has 0 fully saturated rings. The zero-order valence-corrected chi connectivity index (χ0v) is 9.58. The molecule has 0 bridgehead atoms. The van der Waals surface area contributed by atoms with Crippen molar-refractivity contribution in [2.75, 3.05) is 20.2 Å². The Labute approximate surface area is 96.7 Å². The van der Waals surface area contributed by atoms with Crippen LogP contribution in [0.4, 0.5) is 13.2 Å². The van der Waals surface area contributed by atoms with Crippen LogP contribution in [-0.4, -0.2) is 49.2 Å². The maximum absolute atomic E-state index is 12.2. The summed E-state index contributed by atoms with van der Waals surface area (Å²) in [4.78, 5) is 22.7. The zero-order chi connectivity index (χ0) is 13.6. The summed E-state index contributed by atoms with van der Waals surface area (Å²) in [6.45, 7) is -0.513. The van der Waals surface area contributed by atoms with Crippen molar-refractivity contribution >= 4 is 11.9 Å². The van der Waals surface area contributed by atoms with Crippen molar-refractivity contribution in [3.8, 4) is 0 Å². The van der Waals surface area contributed by atoms with Gasteiger partial charge < -0.3 is 15.4 Å². The number of ether oxygens (including phenoxy) is 1. The van der Waals surface area contributed by atoms with Crippen LogP contribution in [0.15, 0.2) is 0 Å². The second-order valence-electron chi connectivity index (χ2n) is 3.49. The second-order valence-corrected chi connectivity index (χ2v) is 3.49. The molecular weight excluding hydrogens is 241 g/mol. The van der Waals surface area contributed by atoms with Gasteiger partial charge in [-0.2, -0.15) is 13.2 Å². The smallest absolute Gasteiger partial charge is 0.406 e. The largest absolute Gasteiger partial charge is 0.469 e. The summed E-state index contributed by atoms with van der Waals surface area (Å²) in [5.41, 5.74) is 5.22. The first-order chi connectivity index (χ1) is 7.67. The first-order valence-electron chi connectivity index (χ1n) is 4.85. The summed E-state index contributed by atoms with van der Waals surface area (Å²) in [5.74, 6) is -1.54. The SMILES string of the molecule is COC(=O)CCN(CC(F)(F)F)C(=O)[C@@H](C)N.